The SMILES string of the molecule is CCc1oc2ccccc2c1/C=N\NC(=O)[C@@H](C)Nc1nc2ccccc2s1. The van der Waals surface area contributed by atoms with Crippen LogP contribution in [0.25, 0.3) is 21.2 Å². The van der Waals surface area contributed by atoms with Crippen LogP contribution < -0.4 is 10.7 Å². The van der Waals surface area contributed by atoms with E-state index >= 15 is 0 Å². The number of fused-ring (bicyclic) bond motifs is 2. The van der Waals surface area contributed by atoms with Gasteiger partial charge in [-0.1, -0.05) is 48.6 Å². The summed E-state index contributed by atoms with van der Waals surface area (Å²) < 4.78 is 6.92. The van der Waals surface area contributed by atoms with Gasteiger partial charge in [-0.25, -0.2) is 10.4 Å². The average molecular weight is 392 g/mol. The maximum atomic E-state index is 12.4. The number of carbonyl (C=O) groups excluding carboxylic acids is 1. The van der Waals surface area contributed by atoms with Crippen LogP contribution in [0.15, 0.2) is 58.0 Å². The minimum atomic E-state index is -0.468. The zero-order valence-electron chi connectivity index (χ0n) is 15.6. The number of hydrazone groups is 1. The van der Waals surface area contributed by atoms with Crippen LogP contribution >= 0.6 is 11.3 Å². The zero-order valence-corrected chi connectivity index (χ0v) is 16.4. The number of benzene rings is 2. The Kier molecular flexibility index (Phi) is 5.08. The summed E-state index contributed by atoms with van der Waals surface area (Å²) in [6.07, 6.45) is 2.40. The Bertz CT molecular complexity index is 1130. The third-order valence-corrected chi connectivity index (χ3v) is 5.40. The first-order chi connectivity index (χ1) is 13.7. The molecule has 0 saturated carbocycles. The first kappa shape index (κ1) is 18.2. The molecular weight excluding hydrogens is 372 g/mol. The molecule has 1 atom stereocenters. The number of furan rings is 1. The Morgan fingerprint density at radius 2 is 2.04 bits per heavy atom. The van der Waals surface area contributed by atoms with E-state index in [0.717, 1.165) is 38.9 Å². The summed E-state index contributed by atoms with van der Waals surface area (Å²) in [5, 5.41) is 8.96. The van der Waals surface area contributed by atoms with Crippen LogP contribution in [-0.2, 0) is 11.2 Å². The van der Waals surface area contributed by atoms with Crippen molar-refractivity contribution < 1.29 is 9.21 Å². The first-order valence-corrected chi connectivity index (χ1v) is 9.92. The van der Waals surface area contributed by atoms with E-state index < -0.39 is 6.04 Å². The molecule has 0 saturated heterocycles. The monoisotopic (exact) mass is 392 g/mol. The van der Waals surface area contributed by atoms with Gasteiger partial charge < -0.3 is 9.73 Å². The normalized spacial score (nSPS) is 12.6. The summed E-state index contributed by atoms with van der Waals surface area (Å²) in [5.41, 5.74) is 5.22. The van der Waals surface area contributed by atoms with Gasteiger partial charge in [0.2, 0.25) is 0 Å². The van der Waals surface area contributed by atoms with Crippen LogP contribution in [0.5, 0.6) is 0 Å². The lowest BCUT2D eigenvalue weighted by Gasteiger charge is -2.10. The standard InChI is InChI=1S/C21H20N4O2S/c1-3-17-15(14-8-4-6-10-18(14)27-17)12-22-25-20(26)13(2)23-21-24-16-9-5-7-11-19(16)28-21/h4-13H,3H2,1-2H3,(H,23,24)(H,25,26)/b22-12-/t13-/m1/s1. The fourth-order valence-electron chi connectivity index (χ4n) is 2.96. The smallest absolute Gasteiger partial charge is 0.262 e. The van der Waals surface area contributed by atoms with E-state index in [2.05, 4.69) is 20.8 Å². The molecule has 2 aromatic carbocycles. The van der Waals surface area contributed by atoms with Crippen molar-refractivity contribution in [2.75, 3.05) is 5.32 Å². The predicted molar refractivity (Wildman–Crippen MR) is 114 cm³/mol. The number of carbonyl (C=O) groups is 1. The van der Waals surface area contributed by atoms with Gasteiger partial charge >= 0.3 is 0 Å². The van der Waals surface area contributed by atoms with Crippen molar-refractivity contribution >= 4 is 49.8 Å². The lowest BCUT2D eigenvalue weighted by Crippen LogP contribution is -2.34. The molecule has 0 aliphatic heterocycles. The molecule has 2 heterocycles. The van der Waals surface area contributed by atoms with E-state index in [9.17, 15) is 4.79 Å². The Morgan fingerprint density at radius 1 is 1.25 bits per heavy atom. The van der Waals surface area contributed by atoms with Crippen LogP contribution in [0.4, 0.5) is 5.13 Å². The molecule has 0 radical (unpaired) electrons. The van der Waals surface area contributed by atoms with Gasteiger partial charge in [0.1, 0.15) is 17.4 Å². The fourth-order valence-corrected chi connectivity index (χ4v) is 3.92. The number of hydrogen-bond acceptors (Lipinski definition) is 6. The maximum absolute atomic E-state index is 12.4. The molecule has 28 heavy (non-hydrogen) atoms. The Hall–Kier alpha value is -3.19. The van der Waals surface area contributed by atoms with Crippen LogP contribution in [0.1, 0.15) is 25.2 Å². The highest BCUT2D eigenvalue weighted by Gasteiger charge is 2.15. The summed E-state index contributed by atoms with van der Waals surface area (Å²) in [5.74, 6) is 0.612. The van der Waals surface area contributed by atoms with Crippen molar-refractivity contribution in [3.05, 3.63) is 59.9 Å². The third-order valence-electron chi connectivity index (χ3n) is 4.43. The number of para-hydroxylation sites is 2. The van der Waals surface area contributed by atoms with E-state index in [1.165, 1.54) is 11.3 Å². The lowest BCUT2D eigenvalue weighted by atomic mass is 10.1. The van der Waals surface area contributed by atoms with Crippen LogP contribution in [0.3, 0.4) is 0 Å². The summed E-state index contributed by atoms with van der Waals surface area (Å²) in [4.78, 5) is 16.9. The third kappa shape index (κ3) is 3.61. The number of amides is 1. The molecule has 0 bridgehead atoms. The number of hydrogen-bond donors (Lipinski definition) is 2. The molecule has 0 aliphatic rings. The number of thiazole rings is 1. The van der Waals surface area contributed by atoms with Gasteiger partial charge in [-0.3, -0.25) is 4.79 Å². The number of nitrogens with one attached hydrogen (secondary N) is 2. The molecule has 1 amide bonds. The lowest BCUT2D eigenvalue weighted by molar-refractivity contribution is -0.121. The molecule has 4 aromatic rings. The van der Waals surface area contributed by atoms with Crippen LogP contribution in [0, 0.1) is 0 Å². The highest BCUT2D eigenvalue weighted by atomic mass is 32.1. The number of aryl methyl sites for hydroxylation is 1. The van der Waals surface area contributed by atoms with E-state index in [0.29, 0.717) is 5.13 Å². The van der Waals surface area contributed by atoms with Crippen molar-refractivity contribution in [2.24, 2.45) is 5.10 Å². The number of anilines is 1. The van der Waals surface area contributed by atoms with Gasteiger partial charge in [-0.05, 0) is 25.1 Å². The van der Waals surface area contributed by atoms with Gasteiger partial charge in [0.05, 0.1) is 16.4 Å². The minimum Gasteiger partial charge on any atom is -0.460 e. The van der Waals surface area contributed by atoms with Gasteiger partial charge in [-0.2, -0.15) is 5.10 Å². The average Bonchev–Trinajstić information content (AvgIpc) is 3.28. The Labute approximate surface area is 166 Å². The molecular formula is C21H20N4O2S. The van der Waals surface area contributed by atoms with Crippen molar-refractivity contribution in [3.8, 4) is 0 Å². The van der Waals surface area contributed by atoms with Crippen molar-refractivity contribution in [2.45, 2.75) is 26.3 Å². The molecule has 2 N–H and O–H groups in total. The van der Waals surface area contributed by atoms with E-state index in [4.69, 9.17) is 4.42 Å². The number of aromatic nitrogens is 1. The molecule has 6 nitrogen and oxygen atoms in total. The quantitative estimate of drug-likeness (QED) is 0.372. The largest absolute Gasteiger partial charge is 0.460 e. The minimum absolute atomic E-state index is 0.235. The molecule has 0 aliphatic carbocycles. The first-order valence-electron chi connectivity index (χ1n) is 9.11. The van der Waals surface area contributed by atoms with Gasteiger partial charge in [-0.15, -0.1) is 0 Å². The zero-order chi connectivity index (χ0) is 19.5. The van der Waals surface area contributed by atoms with Gasteiger partial charge in [0, 0.05) is 17.4 Å². The fraction of sp³-hybridized carbons (Fsp3) is 0.190. The molecule has 0 unspecified atom stereocenters. The highest BCUT2D eigenvalue weighted by molar-refractivity contribution is 7.22. The molecule has 7 heteroatoms. The van der Waals surface area contributed by atoms with Crippen molar-refractivity contribution in [1.29, 1.82) is 0 Å². The van der Waals surface area contributed by atoms with Gasteiger partial charge in [0.25, 0.3) is 5.91 Å². The molecule has 2 aromatic heterocycles. The predicted octanol–water partition coefficient (Wildman–Crippen LogP) is 4.56. The molecule has 0 fully saturated rings. The Morgan fingerprint density at radius 3 is 2.86 bits per heavy atom. The number of nitrogens with zero attached hydrogens (tertiary/aromatic N) is 2. The molecule has 142 valence electrons. The summed E-state index contributed by atoms with van der Waals surface area (Å²) in [6.45, 7) is 3.80. The molecule has 0 spiro atoms. The maximum Gasteiger partial charge on any atom is 0.262 e. The molecule has 4 rings (SSSR count). The van der Waals surface area contributed by atoms with Gasteiger partial charge in [0.15, 0.2) is 5.13 Å². The van der Waals surface area contributed by atoms with Crippen LogP contribution in [-0.4, -0.2) is 23.1 Å². The summed E-state index contributed by atoms with van der Waals surface area (Å²) in [7, 11) is 0. The Balaban J connectivity index is 1.43. The number of rotatable bonds is 6. The van der Waals surface area contributed by atoms with E-state index in [1.807, 2.05) is 55.5 Å². The summed E-state index contributed by atoms with van der Waals surface area (Å²) in [6, 6.07) is 15.2. The topological polar surface area (TPSA) is 79.5 Å². The second-order valence-electron chi connectivity index (χ2n) is 6.38. The van der Waals surface area contributed by atoms with Crippen molar-refractivity contribution in [1.82, 2.24) is 10.4 Å². The van der Waals surface area contributed by atoms with Crippen molar-refractivity contribution in [3.63, 3.8) is 0 Å². The second-order valence-corrected chi connectivity index (χ2v) is 7.41. The van der Waals surface area contributed by atoms with Crippen LogP contribution in [0.2, 0.25) is 0 Å². The van der Waals surface area contributed by atoms with E-state index in [1.54, 1.807) is 13.1 Å². The highest BCUT2D eigenvalue weighted by Crippen LogP contribution is 2.26. The summed E-state index contributed by atoms with van der Waals surface area (Å²) >= 11 is 1.52. The van der Waals surface area contributed by atoms with E-state index in [-0.39, 0.29) is 5.91 Å². The second kappa shape index (κ2) is 7.82.